The Bertz CT molecular complexity index is 2710. The van der Waals surface area contributed by atoms with Crippen LogP contribution in [0.15, 0.2) is 182 Å². The maximum absolute atomic E-state index is 6.77. The lowest BCUT2D eigenvalue weighted by molar-refractivity contribution is 0.666. The quantitative estimate of drug-likeness (QED) is 0.103. The third-order valence-corrected chi connectivity index (χ3v) is 10.1. The molecule has 0 aliphatic heterocycles. The summed E-state index contributed by atoms with van der Waals surface area (Å²) in [5.41, 5.74) is 13.6. The van der Waals surface area contributed by atoms with E-state index in [9.17, 15) is 0 Å². The number of nitrogens with one attached hydrogen (secondary N) is 1. The van der Waals surface area contributed by atoms with E-state index in [1.54, 1.807) is 0 Å². The average molecular weight is 641 g/mol. The van der Waals surface area contributed by atoms with E-state index in [0.29, 0.717) is 0 Å². The van der Waals surface area contributed by atoms with E-state index in [1.165, 1.54) is 70.6 Å². The number of nitrogens with two attached hydrogens (primary N) is 1. The van der Waals surface area contributed by atoms with E-state index in [-0.39, 0.29) is 6.17 Å². The molecule has 238 valence electrons. The Balaban J connectivity index is 1.12. The van der Waals surface area contributed by atoms with Crippen molar-refractivity contribution in [3.63, 3.8) is 0 Å². The Kier molecular flexibility index (Phi) is 7.57. The molecule has 0 aliphatic rings. The average Bonchev–Trinajstić information content (AvgIpc) is 3.18. The van der Waals surface area contributed by atoms with Gasteiger partial charge in [0.15, 0.2) is 0 Å². The molecule has 9 aromatic carbocycles. The molecule has 50 heavy (non-hydrogen) atoms. The lowest BCUT2D eigenvalue weighted by atomic mass is 9.89. The van der Waals surface area contributed by atoms with Crippen LogP contribution in [0.4, 0.5) is 0 Å². The largest absolute Gasteiger partial charge is 0.366 e. The van der Waals surface area contributed by atoms with Crippen molar-refractivity contribution in [3.05, 3.63) is 199 Å². The molecule has 3 N–H and O–H groups in total. The Morgan fingerprint density at radius 2 is 1.04 bits per heavy atom. The van der Waals surface area contributed by atoms with Gasteiger partial charge in [0.05, 0.1) is 0 Å². The Hall–Kier alpha value is -6.22. The van der Waals surface area contributed by atoms with Gasteiger partial charge in [0.25, 0.3) is 0 Å². The van der Waals surface area contributed by atoms with E-state index in [1.807, 2.05) is 18.2 Å². The summed E-state index contributed by atoms with van der Waals surface area (Å²) in [4.78, 5) is 0. The molecule has 1 unspecified atom stereocenters. The molecule has 2 nitrogen and oxygen atoms in total. The first-order chi connectivity index (χ1) is 24.7. The normalized spacial score (nSPS) is 12.6. The smallest absolute Gasteiger partial charge is 0.101 e. The van der Waals surface area contributed by atoms with E-state index >= 15 is 0 Å². The summed E-state index contributed by atoms with van der Waals surface area (Å²) in [6, 6.07) is 63.3. The minimum absolute atomic E-state index is 0.347. The summed E-state index contributed by atoms with van der Waals surface area (Å²) >= 11 is 0. The minimum atomic E-state index is -0.347. The molecule has 0 spiro atoms. The predicted octanol–water partition coefficient (Wildman–Crippen LogP) is 12.0. The summed E-state index contributed by atoms with van der Waals surface area (Å²) < 4.78 is 0. The number of fused-ring (bicyclic) bond motifs is 7. The van der Waals surface area contributed by atoms with Gasteiger partial charge in [0.1, 0.15) is 6.17 Å². The Morgan fingerprint density at radius 3 is 1.80 bits per heavy atom. The molecule has 9 aromatic rings. The van der Waals surface area contributed by atoms with Crippen LogP contribution in [-0.4, -0.2) is 0 Å². The molecule has 0 radical (unpaired) electrons. The number of allylic oxidation sites excluding steroid dienone is 1. The molecule has 0 amide bonds. The first kappa shape index (κ1) is 29.9. The van der Waals surface area contributed by atoms with Crippen LogP contribution in [0, 0.1) is 0 Å². The van der Waals surface area contributed by atoms with Crippen molar-refractivity contribution >= 4 is 59.6 Å². The van der Waals surface area contributed by atoms with Gasteiger partial charge in [0, 0.05) is 5.70 Å². The Labute approximate surface area is 292 Å². The lowest BCUT2D eigenvalue weighted by Gasteiger charge is -2.20. The highest BCUT2D eigenvalue weighted by Crippen LogP contribution is 2.39. The van der Waals surface area contributed by atoms with Gasteiger partial charge in [-0.2, -0.15) is 0 Å². The van der Waals surface area contributed by atoms with Crippen molar-refractivity contribution in [2.45, 2.75) is 12.6 Å². The van der Waals surface area contributed by atoms with Crippen molar-refractivity contribution in [2.24, 2.45) is 5.73 Å². The summed E-state index contributed by atoms with van der Waals surface area (Å²) in [7, 11) is 0. The second-order valence-electron chi connectivity index (χ2n) is 13.1. The number of hydrogen-bond acceptors (Lipinski definition) is 2. The van der Waals surface area contributed by atoms with Gasteiger partial charge in [-0.15, -0.1) is 0 Å². The first-order valence-corrected chi connectivity index (χ1v) is 17.3. The summed E-state index contributed by atoms with van der Waals surface area (Å²) in [5, 5.41) is 16.3. The standard InChI is InChI=1S/C48H36N2/c49-48(37-12-2-1-3-13-37)50-46(29-19-32-18-27-42-39(30-32)25-20-33-10-4-7-15-40(33)42)35-21-23-36(24-22-35)47-43-17-9-6-14-38(43)31-45-41-16-8-5-11-34(41)26-28-44(45)47/h1-18,20-31,48,50H,19,49H2/b46-29-. The lowest BCUT2D eigenvalue weighted by Crippen LogP contribution is -2.27. The Morgan fingerprint density at radius 1 is 0.480 bits per heavy atom. The highest BCUT2D eigenvalue weighted by molar-refractivity contribution is 6.20. The molecule has 0 fully saturated rings. The van der Waals surface area contributed by atoms with Crippen LogP contribution in [0.5, 0.6) is 0 Å². The molecule has 0 heterocycles. The van der Waals surface area contributed by atoms with E-state index < -0.39 is 0 Å². The number of rotatable bonds is 7. The SMILES string of the molecule is NC(N/C(=C\Cc1ccc2c(ccc3ccccc32)c1)c1ccc(-c2c3ccccc3cc3c2ccc2ccccc23)cc1)c1ccccc1. The molecule has 0 saturated carbocycles. The zero-order chi connectivity index (χ0) is 33.4. The second-order valence-corrected chi connectivity index (χ2v) is 13.1. The predicted molar refractivity (Wildman–Crippen MR) is 214 cm³/mol. The van der Waals surface area contributed by atoms with Gasteiger partial charge in [-0.05, 0) is 94.2 Å². The summed E-state index contributed by atoms with van der Waals surface area (Å²) in [6.07, 6.45) is 2.70. The highest BCUT2D eigenvalue weighted by atomic mass is 15.0. The van der Waals surface area contributed by atoms with Crippen molar-refractivity contribution in [2.75, 3.05) is 0 Å². The molecule has 0 saturated heterocycles. The number of hydrogen-bond donors (Lipinski definition) is 2. The van der Waals surface area contributed by atoms with Crippen LogP contribution in [-0.2, 0) is 6.42 Å². The fourth-order valence-electron chi connectivity index (χ4n) is 7.53. The van der Waals surface area contributed by atoms with E-state index in [0.717, 1.165) is 23.2 Å². The third kappa shape index (κ3) is 5.46. The van der Waals surface area contributed by atoms with Crippen molar-refractivity contribution < 1.29 is 0 Å². The van der Waals surface area contributed by atoms with Gasteiger partial charge < -0.3 is 11.1 Å². The monoisotopic (exact) mass is 640 g/mol. The van der Waals surface area contributed by atoms with Gasteiger partial charge in [-0.25, -0.2) is 0 Å². The molecule has 0 bridgehead atoms. The van der Waals surface area contributed by atoms with Gasteiger partial charge >= 0.3 is 0 Å². The molecule has 0 aromatic heterocycles. The van der Waals surface area contributed by atoms with Crippen LogP contribution >= 0.6 is 0 Å². The molecule has 1 atom stereocenters. The van der Waals surface area contributed by atoms with Crippen LogP contribution in [0.1, 0.15) is 22.9 Å². The van der Waals surface area contributed by atoms with Crippen molar-refractivity contribution in [3.8, 4) is 11.1 Å². The maximum atomic E-state index is 6.77. The highest BCUT2D eigenvalue weighted by Gasteiger charge is 2.14. The molecule has 9 rings (SSSR count). The van der Waals surface area contributed by atoms with Gasteiger partial charge in [-0.1, -0.05) is 176 Å². The minimum Gasteiger partial charge on any atom is -0.366 e. The van der Waals surface area contributed by atoms with Gasteiger partial charge in [0.2, 0.25) is 0 Å². The van der Waals surface area contributed by atoms with E-state index in [2.05, 4.69) is 169 Å². The fourth-order valence-corrected chi connectivity index (χ4v) is 7.53. The van der Waals surface area contributed by atoms with Crippen LogP contribution in [0.3, 0.4) is 0 Å². The van der Waals surface area contributed by atoms with Gasteiger partial charge in [-0.3, -0.25) is 0 Å². The fraction of sp³-hybridized carbons (Fsp3) is 0.0417. The summed E-state index contributed by atoms with van der Waals surface area (Å²) in [5.74, 6) is 0. The van der Waals surface area contributed by atoms with Crippen LogP contribution in [0.25, 0.3) is 70.7 Å². The van der Waals surface area contributed by atoms with Crippen molar-refractivity contribution in [1.82, 2.24) is 5.32 Å². The van der Waals surface area contributed by atoms with Crippen LogP contribution in [0.2, 0.25) is 0 Å². The molecular weight excluding hydrogens is 605 g/mol. The van der Waals surface area contributed by atoms with Crippen LogP contribution < -0.4 is 11.1 Å². The first-order valence-electron chi connectivity index (χ1n) is 17.3. The maximum Gasteiger partial charge on any atom is 0.101 e. The topological polar surface area (TPSA) is 38.0 Å². The van der Waals surface area contributed by atoms with E-state index in [4.69, 9.17) is 5.73 Å². The summed E-state index contributed by atoms with van der Waals surface area (Å²) in [6.45, 7) is 0. The number of benzene rings is 9. The second kappa shape index (κ2) is 12.7. The van der Waals surface area contributed by atoms with Crippen molar-refractivity contribution in [1.29, 1.82) is 0 Å². The molecule has 0 aliphatic carbocycles. The molecule has 2 heteroatoms. The molecular formula is C48H36N2. The zero-order valence-electron chi connectivity index (χ0n) is 27.7. The zero-order valence-corrected chi connectivity index (χ0v) is 27.7. The third-order valence-electron chi connectivity index (χ3n) is 10.1.